The normalized spacial score (nSPS) is 12.8. The molecule has 0 aliphatic carbocycles. The highest BCUT2D eigenvalue weighted by Gasteiger charge is 2.19. The van der Waals surface area contributed by atoms with Gasteiger partial charge in [0.05, 0.1) is 0 Å². The maximum absolute atomic E-state index is 12.8. The molecule has 0 fully saturated rings. The van der Waals surface area contributed by atoms with Crippen molar-refractivity contribution in [3.63, 3.8) is 0 Å². The Balaban J connectivity index is 4.33. The fourth-order valence-electron chi connectivity index (χ4n) is 7.02. The van der Waals surface area contributed by atoms with Crippen LogP contribution in [0.3, 0.4) is 0 Å². The number of hydrogen-bond donors (Lipinski definition) is 3. The molecule has 0 aliphatic heterocycles. The van der Waals surface area contributed by atoms with Gasteiger partial charge in [-0.25, -0.2) is 4.79 Å². The van der Waals surface area contributed by atoms with Gasteiger partial charge in [0, 0.05) is 12.8 Å². The van der Waals surface area contributed by atoms with Crippen molar-refractivity contribution in [2.24, 2.45) is 5.73 Å². The van der Waals surface area contributed by atoms with E-state index in [-0.39, 0.29) is 18.0 Å². The van der Waals surface area contributed by atoms with Crippen molar-refractivity contribution in [2.75, 3.05) is 6.54 Å². The first-order valence-electron chi connectivity index (χ1n) is 23.2. The van der Waals surface area contributed by atoms with Crippen LogP contribution < -0.4 is 11.1 Å². The second kappa shape index (κ2) is 42.0. The minimum Gasteiger partial charge on any atom is -0.480 e. The lowest BCUT2D eigenvalue weighted by molar-refractivity contribution is -0.150. The van der Waals surface area contributed by atoms with Crippen molar-refractivity contribution in [3.05, 3.63) is 24.3 Å². The summed E-state index contributed by atoms with van der Waals surface area (Å²) in [5.41, 5.74) is 5.49. The summed E-state index contributed by atoms with van der Waals surface area (Å²) in [5.74, 6) is -1.23. The van der Waals surface area contributed by atoms with Crippen molar-refractivity contribution in [2.45, 2.75) is 251 Å². The Kier molecular flexibility index (Phi) is 40.3. The van der Waals surface area contributed by atoms with Crippen LogP contribution in [0.4, 0.5) is 0 Å². The largest absolute Gasteiger partial charge is 0.480 e. The van der Waals surface area contributed by atoms with Crippen molar-refractivity contribution in [1.82, 2.24) is 5.32 Å². The highest BCUT2D eigenvalue weighted by atomic mass is 16.5. The van der Waals surface area contributed by atoms with E-state index in [9.17, 15) is 19.5 Å². The van der Waals surface area contributed by atoms with E-state index in [1.165, 1.54) is 122 Å². The molecule has 4 N–H and O–H groups in total. The standard InChI is InChI=1S/C47H88N2O5/c1-3-5-7-9-11-13-15-17-18-20-21-23-25-28-32-37-43(38-33-29-27-30-34-40-45(50)49-44(47(52)53)39-36-42-48)54-46(51)41-35-31-26-24-22-19-16-14-12-10-8-6-4-2/h8,10,14,16,43-44H,3-7,9,11-13,15,17-42,48H2,1-2H3,(H,49,50)(H,52,53)/b10-8-,16-14-. The van der Waals surface area contributed by atoms with Crippen molar-refractivity contribution < 1.29 is 24.2 Å². The highest BCUT2D eigenvalue weighted by Crippen LogP contribution is 2.19. The number of unbranched alkanes of at least 4 members (excludes halogenated alkanes) is 24. The number of carbonyl (C=O) groups excluding carboxylic acids is 2. The summed E-state index contributed by atoms with van der Waals surface area (Å²) >= 11 is 0. The highest BCUT2D eigenvalue weighted by molar-refractivity contribution is 5.83. The number of aliphatic carboxylic acids is 1. The quantitative estimate of drug-likeness (QED) is 0.0324. The van der Waals surface area contributed by atoms with Gasteiger partial charge in [-0.2, -0.15) is 0 Å². The molecule has 0 aromatic carbocycles. The van der Waals surface area contributed by atoms with E-state index in [1.807, 2.05) is 0 Å². The predicted octanol–water partition coefficient (Wildman–Crippen LogP) is 13.2. The number of esters is 1. The van der Waals surface area contributed by atoms with Crippen LogP contribution in [0.5, 0.6) is 0 Å². The molecule has 0 aromatic heterocycles. The zero-order chi connectivity index (χ0) is 39.6. The zero-order valence-corrected chi connectivity index (χ0v) is 35.6. The molecule has 0 bridgehead atoms. The first kappa shape index (κ1) is 51.9. The number of amides is 1. The lowest BCUT2D eigenvalue weighted by Gasteiger charge is -2.18. The van der Waals surface area contributed by atoms with Gasteiger partial charge in [-0.15, -0.1) is 0 Å². The molecular formula is C47H88N2O5. The van der Waals surface area contributed by atoms with Gasteiger partial charge in [0.2, 0.25) is 5.91 Å². The van der Waals surface area contributed by atoms with E-state index in [1.54, 1.807) is 0 Å². The average Bonchev–Trinajstić information content (AvgIpc) is 3.16. The Bertz CT molecular complexity index is 905. The molecule has 0 rings (SSSR count). The summed E-state index contributed by atoms with van der Waals surface area (Å²) in [5, 5.41) is 12.0. The number of hydrogen-bond acceptors (Lipinski definition) is 5. The molecule has 2 unspecified atom stereocenters. The summed E-state index contributed by atoms with van der Waals surface area (Å²) in [6.07, 6.45) is 47.9. The van der Waals surface area contributed by atoms with Crippen LogP contribution in [-0.2, 0) is 19.1 Å². The maximum atomic E-state index is 12.8. The Morgan fingerprint density at radius 3 is 1.50 bits per heavy atom. The van der Waals surface area contributed by atoms with Crippen LogP contribution in [0.2, 0.25) is 0 Å². The molecule has 316 valence electrons. The van der Waals surface area contributed by atoms with E-state index >= 15 is 0 Å². The third kappa shape index (κ3) is 38.1. The molecule has 0 heterocycles. The van der Waals surface area contributed by atoms with E-state index in [0.29, 0.717) is 32.2 Å². The minimum absolute atomic E-state index is 0.00956. The Morgan fingerprint density at radius 1 is 0.537 bits per heavy atom. The van der Waals surface area contributed by atoms with Gasteiger partial charge < -0.3 is 20.9 Å². The minimum atomic E-state index is -1.00. The van der Waals surface area contributed by atoms with Crippen LogP contribution in [0.1, 0.15) is 239 Å². The van der Waals surface area contributed by atoms with Crippen molar-refractivity contribution in [3.8, 4) is 0 Å². The first-order valence-corrected chi connectivity index (χ1v) is 23.2. The van der Waals surface area contributed by atoms with Gasteiger partial charge in [-0.3, -0.25) is 9.59 Å². The molecule has 0 saturated carbocycles. The van der Waals surface area contributed by atoms with Gasteiger partial charge in [-0.1, -0.05) is 173 Å². The SMILES string of the molecule is CCC/C=C\C/C=C\CCCCCCCC(=O)OC(CCCCCCCCCCCCCCCCC)CCCCCCCC(=O)NC(CCCN)C(=O)O. The second-order valence-electron chi connectivity index (χ2n) is 15.8. The molecule has 0 saturated heterocycles. The number of carboxylic acids is 1. The summed E-state index contributed by atoms with van der Waals surface area (Å²) in [7, 11) is 0. The molecule has 7 heteroatoms. The number of nitrogens with two attached hydrogens (primary N) is 1. The van der Waals surface area contributed by atoms with E-state index < -0.39 is 12.0 Å². The number of rotatable bonds is 42. The fraction of sp³-hybridized carbons (Fsp3) is 0.851. The van der Waals surface area contributed by atoms with Gasteiger partial charge in [-0.05, 0) is 83.6 Å². The van der Waals surface area contributed by atoms with Crippen LogP contribution in [-0.4, -0.2) is 41.6 Å². The monoisotopic (exact) mass is 761 g/mol. The van der Waals surface area contributed by atoms with Crippen LogP contribution in [0.25, 0.3) is 0 Å². The van der Waals surface area contributed by atoms with Crippen LogP contribution in [0.15, 0.2) is 24.3 Å². The van der Waals surface area contributed by atoms with Gasteiger partial charge in [0.1, 0.15) is 12.1 Å². The molecule has 2 atom stereocenters. The molecule has 0 spiro atoms. The van der Waals surface area contributed by atoms with Gasteiger partial charge in [0.25, 0.3) is 0 Å². The third-order valence-corrected chi connectivity index (χ3v) is 10.5. The Morgan fingerprint density at radius 2 is 1.00 bits per heavy atom. The molecule has 54 heavy (non-hydrogen) atoms. The van der Waals surface area contributed by atoms with Crippen LogP contribution >= 0.6 is 0 Å². The number of carboxylic acid groups (broad SMARTS) is 1. The average molecular weight is 761 g/mol. The van der Waals surface area contributed by atoms with E-state index in [4.69, 9.17) is 10.5 Å². The topological polar surface area (TPSA) is 119 Å². The summed E-state index contributed by atoms with van der Waals surface area (Å²) in [6.45, 7) is 4.90. The molecule has 7 nitrogen and oxygen atoms in total. The fourth-order valence-corrected chi connectivity index (χ4v) is 7.02. The van der Waals surface area contributed by atoms with Crippen molar-refractivity contribution in [1.29, 1.82) is 0 Å². The van der Waals surface area contributed by atoms with E-state index in [2.05, 4.69) is 43.5 Å². The molecule has 1 amide bonds. The summed E-state index contributed by atoms with van der Waals surface area (Å²) < 4.78 is 6.06. The molecule has 0 aliphatic rings. The molecule has 0 radical (unpaired) electrons. The number of nitrogens with one attached hydrogen (secondary N) is 1. The van der Waals surface area contributed by atoms with Gasteiger partial charge >= 0.3 is 11.9 Å². The lowest BCUT2D eigenvalue weighted by Crippen LogP contribution is -2.40. The number of allylic oxidation sites excluding steroid dienone is 4. The van der Waals surface area contributed by atoms with Crippen LogP contribution in [0, 0.1) is 0 Å². The number of ether oxygens (including phenoxy) is 1. The van der Waals surface area contributed by atoms with E-state index in [0.717, 1.165) is 77.0 Å². The molecule has 0 aromatic rings. The third-order valence-electron chi connectivity index (χ3n) is 10.5. The number of carbonyl (C=O) groups is 3. The maximum Gasteiger partial charge on any atom is 0.326 e. The Labute approximate surface area is 333 Å². The van der Waals surface area contributed by atoms with Gasteiger partial charge in [0.15, 0.2) is 0 Å². The zero-order valence-electron chi connectivity index (χ0n) is 35.6. The summed E-state index contributed by atoms with van der Waals surface area (Å²) in [6, 6.07) is -0.856. The smallest absolute Gasteiger partial charge is 0.326 e. The molecular weight excluding hydrogens is 673 g/mol. The van der Waals surface area contributed by atoms with Crippen molar-refractivity contribution >= 4 is 17.8 Å². The lowest BCUT2D eigenvalue weighted by atomic mass is 10.0. The predicted molar refractivity (Wildman–Crippen MR) is 230 cm³/mol. The summed E-state index contributed by atoms with van der Waals surface area (Å²) in [4.78, 5) is 36.4. The second-order valence-corrected chi connectivity index (χ2v) is 15.8. The Hall–Kier alpha value is -2.15. The first-order chi connectivity index (χ1) is 26.4.